The van der Waals surface area contributed by atoms with Gasteiger partial charge < -0.3 is 4.52 Å². The Morgan fingerprint density at radius 3 is 2.29 bits per heavy atom. The first-order chi connectivity index (χ1) is 14.6. The normalized spacial score (nSPS) is 30.3. The number of benzene rings is 1. The summed E-state index contributed by atoms with van der Waals surface area (Å²) in [5.41, 5.74) is 6.22. The molecule has 2 aromatic rings. The van der Waals surface area contributed by atoms with E-state index >= 15 is 0 Å². The molecule has 0 atom stereocenters. The van der Waals surface area contributed by atoms with Gasteiger partial charge in [0.2, 0.25) is 0 Å². The lowest BCUT2D eigenvalue weighted by molar-refractivity contribution is -0.0443. The highest BCUT2D eigenvalue weighted by Crippen LogP contribution is 2.56. The van der Waals surface area contributed by atoms with Crippen molar-refractivity contribution in [2.75, 3.05) is 13.1 Å². The zero-order chi connectivity index (χ0) is 22.0. The number of fused-ring (bicyclic) bond motifs is 3. The molecule has 2 aliphatic carbocycles. The molecule has 2 saturated carbocycles. The van der Waals surface area contributed by atoms with Crippen LogP contribution < -0.4 is 0 Å². The molecule has 0 unspecified atom stereocenters. The summed E-state index contributed by atoms with van der Waals surface area (Å²) in [6.07, 6.45) is 10.9. The average molecular weight is 423 g/mol. The Labute approximate surface area is 188 Å². The van der Waals surface area contributed by atoms with E-state index in [9.17, 15) is 0 Å². The van der Waals surface area contributed by atoms with E-state index in [1.165, 1.54) is 68.1 Å². The molecule has 31 heavy (non-hydrogen) atoms. The average Bonchev–Trinajstić information content (AvgIpc) is 3.00. The monoisotopic (exact) mass is 422 g/mol. The second-order valence-electron chi connectivity index (χ2n) is 13.1. The van der Waals surface area contributed by atoms with Gasteiger partial charge in [0, 0.05) is 35.5 Å². The summed E-state index contributed by atoms with van der Waals surface area (Å²) in [5.74, 6) is 0.923. The fraction of sp³-hybridized carbons (Fsp3) is 0.750. The Balaban J connectivity index is 1.25. The highest BCUT2D eigenvalue weighted by Gasteiger charge is 2.49. The highest BCUT2D eigenvalue weighted by molar-refractivity contribution is 5.84. The van der Waals surface area contributed by atoms with E-state index in [0.717, 1.165) is 36.1 Å². The van der Waals surface area contributed by atoms with E-state index in [2.05, 4.69) is 63.7 Å². The van der Waals surface area contributed by atoms with Gasteiger partial charge in [0.05, 0.1) is 5.69 Å². The van der Waals surface area contributed by atoms with E-state index in [1.807, 2.05) is 0 Å². The lowest BCUT2D eigenvalue weighted by atomic mass is 9.54. The fourth-order valence-corrected chi connectivity index (χ4v) is 6.85. The lowest BCUT2D eigenvalue weighted by Crippen LogP contribution is -2.53. The first-order valence-corrected chi connectivity index (χ1v) is 12.7. The largest absolute Gasteiger partial charge is 0.356 e. The van der Waals surface area contributed by atoms with Gasteiger partial charge in [-0.1, -0.05) is 52.8 Å². The Morgan fingerprint density at radius 1 is 0.968 bits per heavy atom. The molecule has 2 heterocycles. The van der Waals surface area contributed by atoms with Gasteiger partial charge in [-0.15, -0.1) is 0 Å². The molecule has 0 bridgehead atoms. The number of hydrogen-bond acceptors (Lipinski definition) is 3. The summed E-state index contributed by atoms with van der Waals surface area (Å²) < 4.78 is 5.92. The van der Waals surface area contributed by atoms with Gasteiger partial charge in [-0.2, -0.15) is 0 Å². The molecule has 0 radical (unpaired) electrons. The Hall–Kier alpha value is -1.35. The third-order valence-electron chi connectivity index (χ3n) is 8.99. The van der Waals surface area contributed by atoms with Gasteiger partial charge >= 0.3 is 0 Å². The fourth-order valence-electron chi connectivity index (χ4n) is 6.85. The SMILES string of the molecule is CC(C)(C)c1noc2c3c(ccc12)CCN(C1CC2(CCC(C(C)(C)C)CC2)C1)CC3. The van der Waals surface area contributed by atoms with E-state index in [1.54, 1.807) is 0 Å². The Kier molecular flexibility index (Phi) is 5.08. The smallest absolute Gasteiger partial charge is 0.170 e. The molecule has 0 N–H and O–H groups in total. The van der Waals surface area contributed by atoms with Crippen molar-refractivity contribution in [1.82, 2.24) is 10.1 Å². The number of rotatable bonds is 1. The second kappa shape index (κ2) is 7.33. The van der Waals surface area contributed by atoms with Gasteiger partial charge in [0.25, 0.3) is 0 Å². The number of hydrogen-bond donors (Lipinski definition) is 0. The van der Waals surface area contributed by atoms with Crippen LogP contribution in [0.5, 0.6) is 0 Å². The van der Waals surface area contributed by atoms with Crippen molar-refractivity contribution in [3.8, 4) is 0 Å². The molecule has 2 fully saturated rings. The molecule has 1 aliphatic heterocycles. The standard InChI is InChI=1S/C28H42N2O/c1-26(2,3)20-9-13-28(14-10-20)17-21(18-28)30-15-11-19-7-8-23-24(22(19)12-16-30)31-29-25(23)27(4,5)6/h7-8,20-21H,9-18H2,1-6H3. The summed E-state index contributed by atoms with van der Waals surface area (Å²) in [5, 5.41) is 5.70. The van der Waals surface area contributed by atoms with Crippen molar-refractivity contribution in [3.63, 3.8) is 0 Å². The zero-order valence-electron chi connectivity index (χ0n) is 20.7. The van der Waals surface area contributed by atoms with Gasteiger partial charge in [-0.05, 0) is 79.7 Å². The Bertz CT molecular complexity index is 942. The quantitative estimate of drug-likeness (QED) is 0.500. The van der Waals surface area contributed by atoms with E-state index in [0.29, 0.717) is 10.8 Å². The third kappa shape index (κ3) is 3.86. The van der Waals surface area contributed by atoms with Crippen LogP contribution in [0.25, 0.3) is 11.0 Å². The number of nitrogens with zero attached hydrogens (tertiary/aromatic N) is 2. The van der Waals surface area contributed by atoms with Crippen LogP contribution in [0.3, 0.4) is 0 Å². The van der Waals surface area contributed by atoms with Crippen LogP contribution in [0, 0.1) is 16.7 Å². The minimum atomic E-state index is 0.0164. The molecular weight excluding hydrogens is 380 g/mol. The van der Waals surface area contributed by atoms with Crippen LogP contribution in [-0.4, -0.2) is 29.2 Å². The van der Waals surface area contributed by atoms with Gasteiger partial charge in [-0.3, -0.25) is 4.90 Å². The molecule has 1 spiro atoms. The molecule has 0 saturated heterocycles. The molecule has 3 heteroatoms. The zero-order valence-corrected chi connectivity index (χ0v) is 20.7. The summed E-state index contributed by atoms with van der Waals surface area (Å²) in [6.45, 7) is 16.3. The van der Waals surface area contributed by atoms with Crippen molar-refractivity contribution in [1.29, 1.82) is 0 Å². The maximum Gasteiger partial charge on any atom is 0.170 e. The predicted octanol–water partition coefficient (Wildman–Crippen LogP) is 6.91. The first kappa shape index (κ1) is 21.5. The maximum absolute atomic E-state index is 5.92. The van der Waals surface area contributed by atoms with E-state index in [-0.39, 0.29) is 5.41 Å². The van der Waals surface area contributed by atoms with Crippen molar-refractivity contribution in [2.24, 2.45) is 16.7 Å². The second-order valence-corrected chi connectivity index (χ2v) is 13.1. The van der Waals surface area contributed by atoms with Crippen LogP contribution in [0.1, 0.15) is 96.9 Å². The van der Waals surface area contributed by atoms with Crippen LogP contribution in [0.2, 0.25) is 0 Å². The van der Waals surface area contributed by atoms with Crippen LogP contribution >= 0.6 is 0 Å². The van der Waals surface area contributed by atoms with Gasteiger partial charge in [0.1, 0.15) is 0 Å². The summed E-state index contributed by atoms with van der Waals surface area (Å²) in [4.78, 5) is 2.80. The van der Waals surface area contributed by atoms with Crippen LogP contribution in [0.4, 0.5) is 0 Å². The maximum atomic E-state index is 5.92. The molecule has 5 rings (SSSR count). The van der Waals surface area contributed by atoms with Crippen molar-refractivity contribution in [3.05, 3.63) is 29.0 Å². The topological polar surface area (TPSA) is 29.3 Å². The molecule has 3 aliphatic rings. The first-order valence-electron chi connectivity index (χ1n) is 12.7. The van der Waals surface area contributed by atoms with E-state index in [4.69, 9.17) is 4.52 Å². The van der Waals surface area contributed by atoms with Crippen LogP contribution in [-0.2, 0) is 18.3 Å². The van der Waals surface area contributed by atoms with Gasteiger partial charge in [0.15, 0.2) is 5.58 Å². The Morgan fingerprint density at radius 2 is 1.65 bits per heavy atom. The minimum Gasteiger partial charge on any atom is -0.356 e. The molecule has 170 valence electrons. The summed E-state index contributed by atoms with van der Waals surface area (Å²) in [7, 11) is 0. The highest BCUT2D eigenvalue weighted by atomic mass is 16.5. The van der Waals surface area contributed by atoms with Crippen molar-refractivity contribution >= 4 is 11.0 Å². The molecular formula is C28H42N2O. The minimum absolute atomic E-state index is 0.0164. The number of aromatic nitrogens is 1. The summed E-state index contributed by atoms with van der Waals surface area (Å²) >= 11 is 0. The van der Waals surface area contributed by atoms with Gasteiger partial charge in [-0.25, -0.2) is 0 Å². The lowest BCUT2D eigenvalue weighted by Gasteiger charge is -2.56. The van der Waals surface area contributed by atoms with Crippen LogP contribution in [0.15, 0.2) is 16.7 Å². The molecule has 3 nitrogen and oxygen atoms in total. The van der Waals surface area contributed by atoms with Crippen molar-refractivity contribution in [2.45, 2.75) is 104 Å². The predicted molar refractivity (Wildman–Crippen MR) is 129 cm³/mol. The van der Waals surface area contributed by atoms with E-state index < -0.39 is 0 Å². The molecule has 0 amide bonds. The summed E-state index contributed by atoms with van der Waals surface area (Å²) in [6, 6.07) is 5.41. The molecule has 1 aromatic heterocycles. The van der Waals surface area contributed by atoms with Crippen molar-refractivity contribution < 1.29 is 4.52 Å². The molecule has 1 aromatic carbocycles. The third-order valence-corrected chi connectivity index (χ3v) is 8.99.